The molecule has 0 unspecified atom stereocenters. The van der Waals surface area contributed by atoms with Crippen molar-refractivity contribution in [2.45, 2.75) is 39.2 Å². The Bertz CT molecular complexity index is 412. The summed E-state index contributed by atoms with van der Waals surface area (Å²) in [6.07, 6.45) is 1.11. The van der Waals surface area contributed by atoms with Crippen molar-refractivity contribution in [3.8, 4) is 5.75 Å². The number of benzene rings is 1. The summed E-state index contributed by atoms with van der Waals surface area (Å²) >= 11 is 0. The Kier molecular flexibility index (Phi) is 4.12. The number of phenols is 1. The van der Waals surface area contributed by atoms with Crippen LogP contribution in [0.3, 0.4) is 0 Å². The quantitative estimate of drug-likeness (QED) is 0.701. The Labute approximate surface area is 102 Å². The van der Waals surface area contributed by atoms with E-state index in [1.54, 1.807) is 18.2 Å². The van der Waals surface area contributed by atoms with E-state index in [1.165, 1.54) is 0 Å². The van der Waals surface area contributed by atoms with Crippen LogP contribution < -0.4 is 11.1 Å². The van der Waals surface area contributed by atoms with Crippen LogP contribution in [0.25, 0.3) is 0 Å². The first-order valence-corrected chi connectivity index (χ1v) is 5.83. The molecule has 0 aliphatic carbocycles. The summed E-state index contributed by atoms with van der Waals surface area (Å²) in [5.41, 5.74) is 6.48. The van der Waals surface area contributed by atoms with Gasteiger partial charge >= 0.3 is 0 Å². The van der Waals surface area contributed by atoms with Gasteiger partial charge in [-0.1, -0.05) is 19.9 Å². The molecule has 0 fully saturated rings. The van der Waals surface area contributed by atoms with E-state index in [9.17, 15) is 9.90 Å². The van der Waals surface area contributed by atoms with E-state index in [2.05, 4.69) is 5.32 Å². The fourth-order valence-electron chi connectivity index (χ4n) is 1.57. The van der Waals surface area contributed by atoms with Crippen LogP contribution in [-0.2, 0) is 4.79 Å². The Morgan fingerprint density at radius 2 is 2.00 bits per heavy atom. The molecule has 0 saturated carbocycles. The van der Waals surface area contributed by atoms with E-state index >= 15 is 0 Å². The van der Waals surface area contributed by atoms with Crippen molar-refractivity contribution in [1.82, 2.24) is 0 Å². The first kappa shape index (κ1) is 13.5. The van der Waals surface area contributed by atoms with E-state index < -0.39 is 5.54 Å². The lowest BCUT2D eigenvalue weighted by molar-refractivity contribution is -0.121. The summed E-state index contributed by atoms with van der Waals surface area (Å²) in [5.74, 6) is -0.207. The van der Waals surface area contributed by atoms with Crippen molar-refractivity contribution in [2.24, 2.45) is 5.73 Å². The summed E-state index contributed by atoms with van der Waals surface area (Å²) in [6.45, 7) is 5.64. The number of anilines is 1. The van der Waals surface area contributed by atoms with Crippen LogP contribution in [0.2, 0.25) is 0 Å². The molecule has 0 spiro atoms. The minimum absolute atomic E-state index is 0.0542. The summed E-state index contributed by atoms with van der Waals surface area (Å²) in [7, 11) is 0. The molecule has 0 aliphatic heterocycles. The Morgan fingerprint density at radius 1 is 1.41 bits per heavy atom. The highest BCUT2D eigenvalue weighted by Gasteiger charge is 2.30. The van der Waals surface area contributed by atoms with Crippen molar-refractivity contribution in [3.63, 3.8) is 0 Å². The second kappa shape index (κ2) is 5.19. The lowest BCUT2D eigenvalue weighted by Crippen LogP contribution is -2.50. The zero-order valence-electron chi connectivity index (χ0n) is 10.6. The van der Waals surface area contributed by atoms with Crippen molar-refractivity contribution < 1.29 is 9.90 Å². The summed E-state index contributed by atoms with van der Waals surface area (Å²) < 4.78 is 0. The van der Waals surface area contributed by atoms with E-state index in [-0.39, 0.29) is 11.7 Å². The second-order valence-electron chi connectivity index (χ2n) is 4.34. The molecule has 0 aliphatic rings. The third-order valence-corrected chi connectivity index (χ3v) is 3.11. The summed E-state index contributed by atoms with van der Waals surface area (Å²) in [4.78, 5) is 12.0. The van der Waals surface area contributed by atoms with Crippen molar-refractivity contribution in [1.29, 1.82) is 0 Å². The molecular formula is C13H20N2O2. The molecule has 1 aromatic rings. The molecule has 17 heavy (non-hydrogen) atoms. The number of aromatic hydroxyl groups is 1. The number of hydrogen-bond acceptors (Lipinski definition) is 3. The summed E-state index contributed by atoms with van der Waals surface area (Å²) in [6, 6.07) is 5.06. The average Bonchev–Trinajstić information content (AvgIpc) is 2.32. The zero-order chi connectivity index (χ0) is 13.1. The molecule has 1 aromatic carbocycles. The van der Waals surface area contributed by atoms with Crippen LogP contribution in [0.4, 0.5) is 5.69 Å². The number of rotatable bonds is 4. The van der Waals surface area contributed by atoms with Gasteiger partial charge in [-0.15, -0.1) is 0 Å². The molecule has 1 rings (SSSR count). The van der Waals surface area contributed by atoms with Crippen LogP contribution >= 0.6 is 0 Å². The number of carbonyl (C=O) groups is 1. The number of nitrogens with one attached hydrogen (secondary N) is 1. The van der Waals surface area contributed by atoms with Crippen LogP contribution in [0.15, 0.2) is 18.2 Å². The Balaban J connectivity index is 2.91. The third kappa shape index (κ3) is 2.97. The van der Waals surface area contributed by atoms with Gasteiger partial charge in [0.05, 0.1) is 11.2 Å². The molecule has 0 aromatic heterocycles. The molecule has 0 saturated heterocycles. The average molecular weight is 236 g/mol. The molecule has 0 radical (unpaired) electrons. The lowest BCUT2D eigenvalue weighted by atomic mass is 9.93. The summed E-state index contributed by atoms with van der Waals surface area (Å²) in [5, 5.41) is 12.3. The van der Waals surface area contributed by atoms with Gasteiger partial charge in [0.25, 0.3) is 0 Å². The van der Waals surface area contributed by atoms with Gasteiger partial charge in [-0.2, -0.15) is 0 Å². The van der Waals surface area contributed by atoms with Crippen molar-refractivity contribution in [2.75, 3.05) is 5.32 Å². The SMILES string of the molecule is CCC(N)(CC)C(=O)Nc1cc(C)ccc1O. The fourth-order valence-corrected chi connectivity index (χ4v) is 1.57. The minimum Gasteiger partial charge on any atom is -0.506 e. The molecule has 4 heteroatoms. The van der Waals surface area contributed by atoms with Gasteiger partial charge in [0.2, 0.25) is 5.91 Å². The first-order chi connectivity index (χ1) is 7.92. The molecule has 4 nitrogen and oxygen atoms in total. The maximum atomic E-state index is 12.0. The van der Waals surface area contributed by atoms with Crippen LogP contribution in [-0.4, -0.2) is 16.6 Å². The first-order valence-electron chi connectivity index (χ1n) is 5.83. The van der Waals surface area contributed by atoms with E-state index in [1.807, 2.05) is 20.8 Å². The third-order valence-electron chi connectivity index (χ3n) is 3.11. The van der Waals surface area contributed by atoms with Crippen molar-refractivity contribution >= 4 is 11.6 Å². The highest BCUT2D eigenvalue weighted by atomic mass is 16.3. The maximum Gasteiger partial charge on any atom is 0.244 e. The van der Waals surface area contributed by atoms with E-state index in [4.69, 9.17) is 5.73 Å². The number of nitrogens with two attached hydrogens (primary N) is 1. The van der Waals surface area contributed by atoms with Gasteiger partial charge in [-0.25, -0.2) is 0 Å². The Hall–Kier alpha value is -1.55. The molecular weight excluding hydrogens is 216 g/mol. The van der Waals surface area contributed by atoms with E-state index in [0.717, 1.165) is 5.56 Å². The van der Waals surface area contributed by atoms with Gasteiger partial charge in [-0.05, 0) is 37.5 Å². The van der Waals surface area contributed by atoms with Crippen LogP contribution in [0, 0.1) is 6.92 Å². The second-order valence-corrected chi connectivity index (χ2v) is 4.34. The largest absolute Gasteiger partial charge is 0.506 e. The fraction of sp³-hybridized carbons (Fsp3) is 0.462. The maximum absolute atomic E-state index is 12.0. The number of carbonyl (C=O) groups excluding carboxylic acids is 1. The highest BCUT2D eigenvalue weighted by Crippen LogP contribution is 2.25. The van der Waals surface area contributed by atoms with Gasteiger partial charge in [0.1, 0.15) is 5.75 Å². The molecule has 94 valence electrons. The molecule has 0 heterocycles. The predicted molar refractivity (Wildman–Crippen MR) is 69.0 cm³/mol. The Morgan fingerprint density at radius 3 is 2.53 bits per heavy atom. The minimum atomic E-state index is -0.879. The molecule has 0 bridgehead atoms. The van der Waals surface area contributed by atoms with Gasteiger partial charge < -0.3 is 16.2 Å². The van der Waals surface area contributed by atoms with Gasteiger partial charge in [-0.3, -0.25) is 4.79 Å². The lowest BCUT2D eigenvalue weighted by Gasteiger charge is -2.25. The smallest absolute Gasteiger partial charge is 0.244 e. The van der Waals surface area contributed by atoms with Crippen molar-refractivity contribution in [3.05, 3.63) is 23.8 Å². The topological polar surface area (TPSA) is 75.4 Å². The molecule has 1 amide bonds. The highest BCUT2D eigenvalue weighted by molar-refractivity contribution is 5.98. The predicted octanol–water partition coefficient (Wildman–Crippen LogP) is 2.16. The number of phenolic OH excluding ortho intramolecular Hbond substituents is 1. The molecule has 4 N–H and O–H groups in total. The monoisotopic (exact) mass is 236 g/mol. The number of amides is 1. The van der Waals surface area contributed by atoms with E-state index in [0.29, 0.717) is 18.5 Å². The molecule has 0 atom stereocenters. The normalized spacial score (nSPS) is 11.3. The van der Waals surface area contributed by atoms with Gasteiger partial charge in [0, 0.05) is 0 Å². The number of hydrogen-bond donors (Lipinski definition) is 3. The standard InChI is InChI=1S/C13H20N2O2/c1-4-13(14,5-2)12(17)15-10-8-9(3)6-7-11(10)16/h6-8,16H,4-5,14H2,1-3H3,(H,15,17). The number of aryl methyl sites for hydroxylation is 1. The van der Waals surface area contributed by atoms with Gasteiger partial charge in [0.15, 0.2) is 0 Å². The van der Waals surface area contributed by atoms with Crippen LogP contribution in [0.5, 0.6) is 5.75 Å². The van der Waals surface area contributed by atoms with Crippen LogP contribution in [0.1, 0.15) is 32.3 Å². The zero-order valence-corrected chi connectivity index (χ0v) is 10.6.